The zero-order valence-electron chi connectivity index (χ0n) is 15.6. The number of quaternary nitrogens is 1. The molecule has 0 aliphatic carbocycles. The summed E-state index contributed by atoms with van der Waals surface area (Å²) < 4.78 is 0. The molecule has 1 atom stereocenters. The first-order valence-electron chi connectivity index (χ1n) is 9.90. The van der Waals surface area contributed by atoms with E-state index >= 15 is 0 Å². The highest BCUT2D eigenvalue weighted by Gasteiger charge is 2.46. The van der Waals surface area contributed by atoms with Crippen LogP contribution in [0.1, 0.15) is 24.8 Å². The van der Waals surface area contributed by atoms with E-state index in [-0.39, 0.29) is 18.0 Å². The van der Waals surface area contributed by atoms with Crippen LogP contribution in [0, 0.1) is 6.92 Å². The van der Waals surface area contributed by atoms with E-state index in [1.54, 1.807) is 9.80 Å². The maximum Gasteiger partial charge on any atom is 0.327 e. The smallest absolute Gasteiger partial charge is 0.327 e. The molecule has 1 aromatic carbocycles. The maximum absolute atomic E-state index is 12.4. The van der Waals surface area contributed by atoms with Gasteiger partial charge in [-0.25, -0.2) is 4.79 Å². The number of rotatable bonds is 5. The fourth-order valence-electron chi connectivity index (χ4n) is 4.46. The molecule has 0 spiro atoms. The Balaban J connectivity index is 1.21. The SMILES string of the molecule is Cc1ccc(N2CC[NH+](CCCN3C(=O)[C@@H]4CCCN4C3=O)CC2)cc1. The standard InChI is InChI=1S/C20H28N4O2/c1-16-5-7-17(8-6-16)22-14-12-21(13-15-22)9-3-11-24-19(25)18-4-2-10-23(18)20(24)26/h5-8,18H,2-4,9-15H2,1H3/p+1/t18-/m0/s1. The molecule has 0 saturated carbocycles. The maximum atomic E-state index is 12.4. The predicted molar refractivity (Wildman–Crippen MR) is 100 cm³/mol. The van der Waals surface area contributed by atoms with Gasteiger partial charge in [0, 0.05) is 25.2 Å². The van der Waals surface area contributed by atoms with Crippen molar-refractivity contribution in [2.75, 3.05) is 50.7 Å². The van der Waals surface area contributed by atoms with E-state index in [1.165, 1.54) is 16.2 Å². The number of urea groups is 1. The molecule has 3 saturated heterocycles. The van der Waals surface area contributed by atoms with Crippen molar-refractivity contribution in [1.29, 1.82) is 0 Å². The molecule has 1 N–H and O–H groups in total. The lowest BCUT2D eigenvalue weighted by atomic mass is 10.2. The van der Waals surface area contributed by atoms with Gasteiger partial charge in [0.25, 0.3) is 5.91 Å². The lowest BCUT2D eigenvalue weighted by Crippen LogP contribution is -3.15. The molecule has 26 heavy (non-hydrogen) atoms. The molecule has 0 unspecified atom stereocenters. The summed E-state index contributed by atoms with van der Waals surface area (Å²) >= 11 is 0. The summed E-state index contributed by atoms with van der Waals surface area (Å²) in [6, 6.07) is 8.53. The second kappa shape index (κ2) is 7.27. The molecule has 6 nitrogen and oxygen atoms in total. The van der Waals surface area contributed by atoms with Crippen molar-refractivity contribution in [3.8, 4) is 0 Å². The van der Waals surface area contributed by atoms with Crippen molar-refractivity contribution in [1.82, 2.24) is 9.80 Å². The second-order valence-electron chi connectivity index (χ2n) is 7.80. The fourth-order valence-corrected chi connectivity index (χ4v) is 4.46. The molecule has 3 aliphatic heterocycles. The Labute approximate surface area is 155 Å². The lowest BCUT2D eigenvalue weighted by Gasteiger charge is -2.34. The highest BCUT2D eigenvalue weighted by atomic mass is 16.2. The number of hydrogen-bond acceptors (Lipinski definition) is 3. The minimum absolute atomic E-state index is 0.0340. The third kappa shape index (κ3) is 3.30. The van der Waals surface area contributed by atoms with Crippen LogP contribution < -0.4 is 9.80 Å². The number of carbonyl (C=O) groups is 2. The fraction of sp³-hybridized carbons (Fsp3) is 0.600. The Morgan fingerprint density at radius 2 is 1.81 bits per heavy atom. The van der Waals surface area contributed by atoms with E-state index in [2.05, 4.69) is 36.1 Å². The highest BCUT2D eigenvalue weighted by molar-refractivity contribution is 6.04. The van der Waals surface area contributed by atoms with E-state index < -0.39 is 0 Å². The van der Waals surface area contributed by atoms with Crippen molar-refractivity contribution >= 4 is 17.6 Å². The van der Waals surface area contributed by atoms with Crippen LogP contribution in [0.5, 0.6) is 0 Å². The number of nitrogens with zero attached hydrogens (tertiary/aromatic N) is 3. The number of anilines is 1. The minimum atomic E-state index is -0.159. The van der Waals surface area contributed by atoms with Crippen molar-refractivity contribution in [3.05, 3.63) is 29.8 Å². The zero-order valence-corrected chi connectivity index (χ0v) is 15.6. The van der Waals surface area contributed by atoms with Gasteiger partial charge in [-0.3, -0.25) is 9.69 Å². The minimum Gasteiger partial charge on any atom is -0.360 e. The lowest BCUT2D eigenvalue weighted by molar-refractivity contribution is -0.900. The first kappa shape index (κ1) is 17.3. The number of piperazine rings is 1. The molecule has 4 rings (SSSR count). The highest BCUT2D eigenvalue weighted by Crippen LogP contribution is 2.27. The monoisotopic (exact) mass is 357 g/mol. The van der Waals surface area contributed by atoms with Gasteiger partial charge in [-0.05, 0) is 31.9 Å². The third-order valence-corrected chi connectivity index (χ3v) is 6.06. The van der Waals surface area contributed by atoms with Crippen LogP contribution in [0.15, 0.2) is 24.3 Å². The molecular formula is C20H29N4O2+. The molecule has 3 fully saturated rings. The van der Waals surface area contributed by atoms with Crippen molar-refractivity contribution in [2.45, 2.75) is 32.2 Å². The molecule has 3 aliphatic rings. The van der Waals surface area contributed by atoms with Gasteiger partial charge in [-0.15, -0.1) is 0 Å². The quantitative estimate of drug-likeness (QED) is 0.782. The number of imide groups is 1. The van der Waals surface area contributed by atoms with Crippen molar-refractivity contribution in [3.63, 3.8) is 0 Å². The molecule has 140 valence electrons. The molecule has 3 heterocycles. The molecule has 0 radical (unpaired) electrons. The number of fused-ring (bicyclic) bond motifs is 1. The van der Waals surface area contributed by atoms with E-state index in [0.29, 0.717) is 6.54 Å². The topological polar surface area (TPSA) is 48.3 Å². The Kier molecular flexibility index (Phi) is 4.85. The molecular weight excluding hydrogens is 328 g/mol. The first-order chi connectivity index (χ1) is 12.6. The van der Waals surface area contributed by atoms with Crippen LogP contribution in [-0.4, -0.2) is 73.6 Å². The number of nitrogens with one attached hydrogen (secondary N) is 1. The van der Waals surface area contributed by atoms with Gasteiger partial charge in [0.15, 0.2) is 0 Å². The van der Waals surface area contributed by atoms with Gasteiger partial charge in [0.05, 0.1) is 32.7 Å². The summed E-state index contributed by atoms with van der Waals surface area (Å²) in [7, 11) is 0. The van der Waals surface area contributed by atoms with E-state index in [9.17, 15) is 9.59 Å². The third-order valence-electron chi connectivity index (χ3n) is 6.06. The van der Waals surface area contributed by atoms with Crippen LogP contribution in [0.2, 0.25) is 0 Å². The van der Waals surface area contributed by atoms with E-state index in [4.69, 9.17) is 0 Å². The second-order valence-corrected chi connectivity index (χ2v) is 7.80. The molecule has 3 amide bonds. The van der Waals surface area contributed by atoms with Gasteiger partial charge >= 0.3 is 6.03 Å². The Morgan fingerprint density at radius 1 is 1.08 bits per heavy atom. The number of benzene rings is 1. The van der Waals surface area contributed by atoms with Gasteiger partial charge in [0.2, 0.25) is 0 Å². The number of aryl methyl sites for hydroxylation is 1. The Hall–Kier alpha value is -2.08. The van der Waals surface area contributed by atoms with Gasteiger partial charge in [0.1, 0.15) is 6.04 Å². The summed E-state index contributed by atoms with van der Waals surface area (Å²) in [6.45, 7) is 8.84. The summed E-state index contributed by atoms with van der Waals surface area (Å²) in [6.07, 6.45) is 2.70. The normalized spacial score (nSPS) is 23.9. The van der Waals surface area contributed by atoms with Crippen molar-refractivity contribution < 1.29 is 14.5 Å². The molecule has 0 bridgehead atoms. The zero-order chi connectivity index (χ0) is 18.1. The van der Waals surface area contributed by atoms with Gasteiger partial charge in [-0.1, -0.05) is 17.7 Å². The number of hydrogen-bond donors (Lipinski definition) is 1. The average Bonchev–Trinajstić information content (AvgIpc) is 3.22. The predicted octanol–water partition coefficient (Wildman–Crippen LogP) is 0.517. The van der Waals surface area contributed by atoms with Crippen LogP contribution in [0.3, 0.4) is 0 Å². The van der Waals surface area contributed by atoms with Crippen LogP contribution in [0.4, 0.5) is 10.5 Å². The van der Waals surface area contributed by atoms with Gasteiger partial charge < -0.3 is 14.7 Å². The number of amides is 3. The number of carbonyl (C=O) groups excluding carboxylic acids is 2. The van der Waals surface area contributed by atoms with E-state index in [0.717, 1.165) is 58.5 Å². The molecule has 1 aromatic rings. The van der Waals surface area contributed by atoms with Gasteiger partial charge in [-0.2, -0.15) is 0 Å². The molecule has 0 aromatic heterocycles. The largest absolute Gasteiger partial charge is 0.360 e. The van der Waals surface area contributed by atoms with E-state index in [1.807, 2.05) is 0 Å². The summed E-state index contributed by atoms with van der Waals surface area (Å²) in [4.78, 5) is 32.0. The van der Waals surface area contributed by atoms with Crippen LogP contribution >= 0.6 is 0 Å². The summed E-state index contributed by atoms with van der Waals surface area (Å²) in [5.74, 6) is 0.0340. The average molecular weight is 357 g/mol. The Bertz CT molecular complexity index is 645. The summed E-state index contributed by atoms with van der Waals surface area (Å²) in [5.41, 5.74) is 2.60. The summed E-state index contributed by atoms with van der Waals surface area (Å²) in [5, 5.41) is 0. The van der Waals surface area contributed by atoms with Crippen LogP contribution in [-0.2, 0) is 4.79 Å². The first-order valence-corrected chi connectivity index (χ1v) is 9.90. The van der Waals surface area contributed by atoms with Crippen molar-refractivity contribution in [2.24, 2.45) is 0 Å². The Morgan fingerprint density at radius 3 is 2.50 bits per heavy atom. The van der Waals surface area contributed by atoms with Crippen LogP contribution in [0.25, 0.3) is 0 Å². The molecule has 6 heteroatoms.